The fraction of sp³-hybridized carbons (Fsp3) is 0.294. The molecule has 0 aromatic heterocycles. The van der Waals surface area contributed by atoms with Crippen LogP contribution in [0.2, 0.25) is 5.02 Å². The fourth-order valence-corrected chi connectivity index (χ4v) is 2.46. The first-order chi connectivity index (χ1) is 9.99. The van der Waals surface area contributed by atoms with Crippen molar-refractivity contribution in [3.05, 3.63) is 63.9 Å². The quantitative estimate of drug-likeness (QED) is 0.896. The van der Waals surface area contributed by atoms with Crippen LogP contribution in [0.1, 0.15) is 23.6 Å². The van der Waals surface area contributed by atoms with E-state index in [-0.39, 0.29) is 18.5 Å². The summed E-state index contributed by atoms with van der Waals surface area (Å²) in [5.41, 5.74) is 8.26. The van der Waals surface area contributed by atoms with Crippen LogP contribution in [0.4, 0.5) is 4.39 Å². The van der Waals surface area contributed by atoms with Gasteiger partial charge in [-0.2, -0.15) is 0 Å². The molecule has 21 heavy (non-hydrogen) atoms. The number of hydrogen-bond donors (Lipinski definition) is 1. The summed E-state index contributed by atoms with van der Waals surface area (Å²) in [6, 6.07) is 10.6. The minimum Gasteiger partial charge on any atom is -0.488 e. The summed E-state index contributed by atoms with van der Waals surface area (Å²) in [5, 5.41) is 0.373. The lowest BCUT2D eigenvalue weighted by Gasteiger charge is -2.16. The fourth-order valence-electron chi connectivity index (χ4n) is 2.24. The summed E-state index contributed by atoms with van der Waals surface area (Å²) in [4.78, 5) is 0. The minimum absolute atomic E-state index is 0.0335. The highest BCUT2D eigenvalue weighted by molar-refractivity contribution is 6.31. The molecule has 0 amide bonds. The summed E-state index contributed by atoms with van der Waals surface area (Å²) in [6.45, 7) is 4.01. The second-order valence-electron chi connectivity index (χ2n) is 5.23. The Bertz CT molecular complexity index is 608. The van der Waals surface area contributed by atoms with Gasteiger partial charge in [-0.05, 0) is 43.5 Å². The molecule has 0 heterocycles. The van der Waals surface area contributed by atoms with E-state index in [0.29, 0.717) is 17.0 Å². The minimum atomic E-state index is -0.357. The van der Waals surface area contributed by atoms with Gasteiger partial charge >= 0.3 is 0 Å². The molecule has 2 aromatic carbocycles. The van der Waals surface area contributed by atoms with E-state index in [1.807, 2.05) is 32.0 Å². The van der Waals surface area contributed by atoms with E-state index >= 15 is 0 Å². The van der Waals surface area contributed by atoms with E-state index < -0.39 is 0 Å². The third-order valence-electron chi connectivity index (χ3n) is 3.26. The number of aryl methyl sites for hydroxylation is 1. The third kappa shape index (κ3) is 3.96. The number of benzene rings is 2. The molecular weight excluding hydrogens is 289 g/mol. The zero-order valence-electron chi connectivity index (χ0n) is 12.2. The second kappa shape index (κ2) is 6.92. The number of halogens is 2. The number of para-hydroxylation sites is 1. The van der Waals surface area contributed by atoms with E-state index in [2.05, 4.69) is 0 Å². The Hall–Kier alpha value is -1.58. The lowest BCUT2D eigenvalue weighted by molar-refractivity contribution is 0.294. The monoisotopic (exact) mass is 307 g/mol. The van der Waals surface area contributed by atoms with Gasteiger partial charge < -0.3 is 10.5 Å². The van der Waals surface area contributed by atoms with Gasteiger partial charge in [0.15, 0.2) is 0 Å². The molecule has 0 aliphatic rings. The van der Waals surface area contributed by atoms with Crippen molar-refractivity contribution < 1.29 is 9.13 Å². The molecule has 2 N–H and O–H groups in total. The molecule has 0 fully saturated rings. The van der Waals surface area contributed by atoms with Crippen LogP contribution < -0.4 is 10.5 Å². The molecule has 0 radical (unpaired) electrons. The molecule has 4 heteroatoms. The largest absolute Gasteiger partial charge is 0.488 e. The van der Waals surface area contributed by atoms with Gasteiger partial charge in [0.05, 0.1) is 5.02 Å². The number of nitrogens with two attached hydrogens (primary N) is 1. The number of ether oxygens (including phenoxy) is 1. The van der Waals surface area contributed by atoms with Crippen molar-refractivity contribution in [2.24, 2.45) is 5.73 Å². The first kappa shape index (κ1) is 15.8. The molecule has 112 valence electrons. The molecule has 2 aromatic rings. The molecule has 0 aliphatic carbocycles. The molecule has 2 rings (SSSR count). The van der Waals surface area contributed by atoms with E-state index in [9.17, 15) is 4.39 Å². The van der Waals surface area contributed by atoms with Gasteiger partial charge in [-0.25, -0.2) is 4.39 Å². The van der Waals surface area contributed by atoms with Gasteiger partial charge in [0.2, 0.25) is 0 Å². The van der Waals surface area contributed by atoms with E-state index in [1.165, 1.54) is 6.07 Å². The van der Waals surface area contributed by atoms with E-state index in [4.69, 9.17) is 22.1 Å². The van der Waals surface area contributed by atoms with Crippen LogP contribution in [0.3, 0.4) is 0 Å². The summed E-state index contributed by atoms with van der Waals surface area (Å²) >= 11 is 6.02. The van der Waals surface area contributed by atoms with Gasteiger partial charge in [0, 0.05) is 11.6 Å². The van der Waals surface area contributed by atoms with Crippen LogP contribution in [-0.4, -0.2) is 6.04 Å². The zero-order chi connectivity index (χ0) is 15.4. The van der Waals surface area contributed by atoms with Crippen LogP contribution in [0.25, 0.3) is 0 Å². The molecule has 2 nitrogen and oxygen atoms in total. The average Bonchev–Trinajstić information content (AvgIpc) is 2.40. The summed E-state index contributed by atoms with van der Waals surface area (Å²) in [6.07, 6.45) is 0.710. The Morgan fingerprint density at radius 1 is 1.24 bits per heavy atom. The highest BCUT2D eigenvalue weighted by Crippen LogP contribution is 2.27. The van der Waals surface area contributed by atoms with E-state index in [0.717, 1.165) is 16.9 Å². The van der Waals surface area contributed by atoms with Gasteiger partial charge in [-0.1, -0.05) is 35.9 Å². The van der Waals surface area contributed by atoms with Gasteiger partial charge in [-0.15, -0.1) is 0 Å². The van der Waals surface area contributed by atoms with Crippen molar-refractivity contribution in [1.29, 1.82) is 0 Å². The van der Waals surface area contributed by atoms with Crippen molar-refractivity contribution in [3.63, 3.8) is 0 Å². The first-order valence-electron chi connectivity index (χ1n) is 6.88. The molecule has 1 atom stereocenters. The van der Waals surface area contributed by atoms with Crippen LogP contribution >= 0.6 is 11.6 Å². The highest BCUT2D eigenvalue weighted by Gasteiger charge is 2.12. The normalized spacial score (nSPS) is 12.2. The van der Waals surface area contributed by atoms with Crippen molar-refractivity contribution in [3.8, 4) is 5.75 Å². The Balaban J connectivity index is 2.24. The Labute approximate surface area is 129 Å². The van der Waals surface area contributed by atoms with Crippen molar-refractivity contribution >= 4 is 11.6 Å². The molecule has 0 aliphatic heterocycles. The summed E-state index contributed by atoms with van der Waals surface area (Å²) in [5.74, 6) is 0.402. The van der Waals surface area contributed by atoms with Crippen LogP contribution in [0, 0.1) is 12.7 Å². The number of hydrogen-bond acceptors (Lipinski definition) is 2. The average molecular weight is 308 g/mol. The molecule has 0 bridgehead atoms. The predicted octanol–water partition coefficient (Wildman–Crippen LogP) is 4.26. The molecule has 0 saturated heterocycles. The Morgan fingerprint density at radius 2 is 1.95 bits per heavy atom. The topological polar surface area (TPSA) is 35.2 Å². The van der Waals surface area contributed by atoms with Gasteiger partial charge in [-0.3, -0.25) is 0 Å². The molecule has 0 saturated carbocycles. The summed E-state index contributed by atoms with van der Waals surface area (Å²) < 4.78 is 19.6. The maximum atomic E-state index is 13.8. The van der Waals surface area contributed by atoms with Gasteiger partial charge in [0.1, 0.15) is 18.2 Å². The number of rotatable bonds is 5. The SMILES string of the molecule is Cc1cccc(CC(C)N)c1OCc1c(F)cccc1Cl. The third-order valence-corrected chi connectivity index (χ3v) is 3.61. The van der Waals surface area contributed by atoms with Crippen LogP contribution in [0.5, 0.6) is 5.75 Å². The smallest absolute Gasteiger partial charge is 0.131 e. The highest BCUT2D eigenvalue weighted by atomic mass is 35.5. The Morgan fingerprint density at radius 3 is 2.62 bits per heavy atom. The molecule has 1 unspecified atom stereocenters. The zero-order valence-corrected chi connectivity index (χ0v) is 13.0. The second-order valence-corrected chi connectivity index (χ2v) is 5.64. The lowest BCUT2D eigenvalue weighted by Crippen LogP contribution is -2.18. The Kier molecular flexibility index (Phi) is 5.21. The van der Waals surface area contributed by atoms with Crippen molar-refractivity contribution in [1.82, 2.24) is 0 Å². The van der Waals surface area contributed by atoms with Crippen LogP contribution in [-0.2, 0) is 13.0 Å². The predicted molar refractivity (Wildman–Crippen MR) is 84.3 cm³/mol. The molecular formula is C17H19ClFNO. The summed E-state index contributed by atoms with van der Waals surface area (Å²) in [7, 11) is 0. The standard InChI is InChI=1S/C17H19ClFNO/c1-11-5-3-6-13(9-12(2)20)17(11)21-10-14-15(18)7-4-8-16(14)19/h3-8,12H,9-10,20H2,1-2H3. The maximum absolute atomic E-state index is 13.8. The lowest BCUT2D eigenvalue weighted by atomic mass is 10.0. The first-order valence-corrected chi connectivity index (χ1v) is 7.26. The van der Waals surface area contributed by atoms with Crippen LogP contribution in [0.15, 0.2) is 36.4 Å². The maximum Gasteiger partial charge on any atom is 0.131 e. The van der Waals surface area contributed by atoms with Crippen molar-refractivity contribution in [2.75, 3.05) is 0 Å². The van der Waals surface area contributed by atoms with Gasteiger partial charge in [0.25, 0.3) is 0 Å². The van der Waals surface area contributed by atoms with Crippen molar-refractivity contribution in [2.45, 2.75) is 32.9 Å². The van der Waals surface area contributed by atoms with E-state index in [1.54, 1.807) is 12.1 Å². The molecule has 0 spiro atoms.